The molecule has 0 saturated carbocycles. The van der Waals surface area contributed by atoms with E-state index in [1.54, 1.807) is 11.9 Å². The third-order valence-electron chi connectivity index (χ3n) is 3.84. The minimum atomic E-state index is -0.0140. The van der Waals surface area contributed by atoms with Gasteiger partial charge in [-0.25, -0.2) is 0 Å². The normalized spacial score (nSPS) is 11.0. The van der Waals surface area contributed by atoms with E-state index in [4.69, 9.17) is 4.52 Å². The van der Waals surface area contributed by atoms with Gasteiger partial charge in [0.1, 0.15) is 5.69 Å². The van der Waals surface area contributed by atoms with E-state index in [0.717, 1.165) is 10.9 Å². The van der Waals surface area contributed by atoms with Gasteiger partial charge in [-0.15, -0.1) is 0 Å². The third-order valence-corrected chi connectivity index (χ3v) is 3.84. The summed E-state index contributed by atoms with van der Waals surface area (Å²) < 4.78 is 6.63. The quantitative estimate of drug-likeness (QED) is 0.740. The van der Waals surface area contributed by atoms with E-state index < -0.39 is 0 Å². The van der Waals surface area contributed by atoms with Crippen LogP contribution >= 0.6 is 0 Å². The first kappa shape index (κ1) is 14.3. The topological polar surface area (TPSA) is 64.2 Å². The van der Waals surface area contributed by atoms with Crippen LogP contribution in [0.4, 0.5) is 0 Å². The molecular weight excluding hydrogens is 280 g/mol. The Balaban J connectivity index is 1.80. The predicted octanol–water partition coefficient (Wildman–Crippen LogP) is 2.18. The highest BCUT2D eigenvalue weighted by Gasteiger charge is 2.17. The van der Waals surface area contributed by atoms with Crippen LogP contribution in [0.1, 0.15) is 21.9 Å². The van der Waals surface area contributed by atoms with Crippen molar-refractivity contribution in [2.45, 2.75) is 13.3 Å². The molecule has 6 nitrogen and oxygen atoms in total. The second-order valence-corrected chi connectivity index (χ2v) is 5.48. The predicted molar refractivity (Wildman–Crippen MR) is 82.6 cm³/mol. The van der Waals surface area contributed by atoms with E-state index in [1.807, 2.05) is 30.7 Å². The summed E-state index contributed by atoms with van der Waals surface area (Å²) >= 11 is 0. The lowest BCUT2D eigenvalue weighted by molar-refractivity contribution is 0.0787. The Morgan fingerprint density at radius 1 is 1.36 bits per heavy atom. The molecule has 3 aromatic rings. The molecule has 1 aromatic carbocycles. The van der Waals surface area contributed by atoms with Gasteiger partial charge in [0.05, 0.1) is 0 Å². The number of nitrogens with zero attached hydrogens (tertiary/aromatic N) is 4. The monoisotopic (exact) mass is 298 g/mol. The fraction of sp³-hybridized carbons (Fsp3) is 0.312. The summed E-state index contributed by atoms with van der Waals surface area (Å²) in [5.74, 6) is 0.590. The number of hydrogen-bond donors (Lipinski definition) is 0. The van der Waals surface area contributed by atoms with Gasteiger partial charge >= 0.3 is 0 Å². The molecule has 0 spiro atoms. The lowest BCUT2D eigenvalue weighted by atomic mass is 10.2. The summed E-state index contributed by atoms with van der Waals surface area (Å²) in [6.07, 6.45) is 1.87. The number of likely N-dealkylation sites (N-methyl/N-ethyl adjacent to an activating group) is 1. The van der Waals surface area contributed by atoms with Crippen molar-refractivity contribution < 1.29 is 9.32 Å². The van der Waals surface area contributed by atoms with Crippen molar-refractivity contribution in [2.75, 3.05) is 13.6 Å². The van der Waals surface area contributed by atoms with Gasteiger partial charge < -0.3 is 14.0 Å². The highest BCUT2D eigenvalue weighted by Crippen LogP contribution is 2.21. The minimum Gasteiger partial charge on any atom is -0.343 e. The number of carbonyl (C=O) groups is 1. The summed E-state index contributed by atoms with van der Waals surface area (Å²) in [5.41, 5.74) is 2.92. The molecule has 0 saturated heterocycles. The maximum Gasteiger partial charge on any atom is 0.270 e. The highest BCUT2D eigenvalue weighted by molar-refractivity contribution is 5.98. The molecule has 114 valence electrons. The molecule has 0 aliphatic heterocycles. The Labute approximate surface area is 128 Å². The average molecular weight is 298 g/mol. The van der Waals surface area contributed by atoms with E-state index in [1.165, 1.54) is 12.0 Å². The van der Waals surface area contributed by atoms with E-state index in [-0.39, 0.29) is 5.91 Å². The maximum atomic E-state index is 12.6. The van der Waals surface area contributed by atoms with Crippen molar-refractivity contribution in [3.63, 3.8) is 0 Å². The molecular formula is C16H18N4O2. The number of fused-ring (bicyclic) bond motifs is 1. The van der Waals surface area contributed by atoms with E-state index >= 15 is 0 Å². The largest absolute Gasteiger partial charge is 0.343 e. The molecule has 0 unspecified atom stereocenters. The van der Waals surface area contributed by atoms with Crippen molar-refractivity contribution in [2.24, 2.45) is 7.05 Å². The Morgan fingerprint density at radius 2 is 2.18 bits per heavy atom. The standard InChI is InChI=1S/C16H18N4O2/c1-11-4-5-13-12(8-11)9-14(20(13)3)16(21)19(2)7-6-15-17-10-22-18-15/h4-5,8-10H,6-7H2,1-3H3. The molecule has 2 heterocycles. The van der Waals surface area contributed by atoms with Crippen molar-refractivity contribution in [1.82, 2.24) is 19.6 Å². The lowest BCUT2D eigenvalue weighted by Crippen LogP contribution is -2.30. The number of aryl methyl sites for hydroxylation is 2. The molecule has 3 rings (SSSR count). The van der Waals surface area contributed by atoms with E-state index in [0.29, 0.717) is 24.5 Å². The lowest BCUT2D eigenvalue weighted by Gasteiger charge is -2.16. The van der Waals surface area contributed by atoms with Crippen LogP contribution in [0.3, 0.4) is 0 Å². The third kappa shape index (κ3) is 2.59. The number of benzene rings is 1. The van der Waals surface area contributed by atoms with Crippen LogP contribution in [-0.4, -0.2) is 39.1 Å². The molecule has 2 aromatic heterocycles. The van der Waals surface area contributed by atoms with Crippen LogP contribution in [0.2, 0.25) is 0 Å². The highest BCUT2D eigenvalue weighted by atomic mass is 16.5. The van der Waals surface area contributed by atoms with Crippen LogP contribution in [0.25, 0.3) is 10.9 Å². The van der Waals surface area contributed by atoms with Gasteiger partial charge in [-0.1, -0.05) is 16.8 Å². The minimum absolute atomic E-state index is 0.0140. The van der Waals surface area contributed by atoms with Crippen LogP contribution < -0.4 is 0 Å². The molecule has 6 heteroatoms. The summed E-state index contributed by atoms with van der Waals surface area (Å²) in [6, 6.07) is 8.12. The Hall–Kier alpha value is -2.63. The summed E-state index contributed by atoms with van der Waals surface area (Å²) in [5, 5.41) is 4.83. The second kappa shape index (κ2) is 5.63. The second-order valence-electron chi connectivity index (χ2n) is 5.48. The first-order chi connectivity index (χ1) is 10.6. The Kier molecular flexibility index (Phi) is 3.66. The molecule has 0 bridgehead atoms. The zero-order chi connectivity index (χ0) is 15.7. The number of hydrogen-bond acceptors (Lipinski definition) is 4. The molecule has 0 aliphatic rings. The van der Waals surface area contributed by atoms with Crippen molar-refractivity contribution in [3.8, 4) is 0 Å². The summed E-state index contributed by atoms with van der Waals surface area (Å²) in [6.45, 7) is 2.59. The molecule has 0 N–H and O–H groups in total. The van der Waals surface area contributed by atoms with E-state index in [2.05, 4.69) is 22.3 Å². The van der Waals surface area contributed by atoms with Crippen molar-refractivity contribution in [1.29, 1.82) is 0 Å². The van der Waals surface area contributed by atoms with Gasteiger partial charge in [-0.2, -0.15) is 4.98 Å². The number of aromatic nitrogens is 3. The Morgan fingerprint density at radius 3 is 2.91 bits per heavy atom. The molecule has 0 aliphatic carbocycles. The summed E-state index contributed by atoms with van der Waals surface area (Å²) in [4.78, 5) is 18.3. The van der Waals surface area contributed by atoms with Crippen LogP contribution in [-0.2, 0) is 13.5 Å². The van der Waals surface area contributed by atoms with Crippen LogP contribution in [0, 0.1) is 6.92 Å². The smallest absolute Gasteiger partial charge is 0.270 e. The van der Waals surface area contributed by atoms with Crippen LogP contribution in [0.15, 0.2) is 35.2 Å². The van der Waals surface area contributed by atoms with Gasteiger partial charge in [0, 0.05) is 38.0 Å². The molecule has 1 amide bonds. The van der Waals surface area contributed by atoms with Gasteiger partial charge in [0.25, 0.3) is 5.91 Å². The SMILES string of the molecule is Cc1ccc2c(c1)cc(C(=O)N(C)CCc1ncon1)n2C. The Bertz CT molecular complexity index is 805. The fourth-order valence-electron chi connectivity index (χ4n) is 2.54. The number of amides is 1. The molecule has 0 radical (unpaired) electrons. The maximum absolute atomic E-state index is 12.6. The zero-order valence-electron chi connectivity index (χ0n) is 12.9. The van der Waals surface area contributed by atoms with Crippen LogP contribution in [0.5, 0.6) is 0 Å². The molecule has 22 heavy (non-hydrogen) atoms. The fourth-order valence-corrected chi connectivity index (χ4v) is 2.54. The van der Waals surface area contributed by atoms with Gasteiger partial charge in [-0.3, -0.25) is 4.79 Å². The average Bonchev–Trinajstić information content (AvgIpc) is 3.12. The first-order valence-corrected chi connectivity index (χ1v) is 7.13. The number of rotatable bonds is 4. The van der Waals surface area contributed by atoms with Gasteiger partial charge in [0.15, 0.2) is 5.82 Å². The molecule has 0 atom stereocenters. The zero-order valence-corrected chi connectivity index (χ0v) is 12.9. The van der Waals surface area contributed by atoms with Crippen molar-refractivity contribution in [3.05, 3.63) is 47.7 Å². The van der Waals surface area contributed by atoms with Gasteiger partial charge in [0.2, 0.25) is 6.39 Å². The number of carbonyl (C=O) groups excluding carboxylic acids is 1. The van der Waals surface area contributed by atoms with E-state index in [9.17, 15) is 4.79 Å². The first-order valence-electron chi connectivity index (χ1n) is 7.13. The molecule has 0 fully saturated rings. The van der Waals surface area contributed by atoms with Crippen molar-refractivity contribution >= 4 is 16.8 Å². The summed E-state index contributed by atoms with van der Waals surface area (Å²) in [7, 11) is 3.70. The van der Waals surface area contributed by atoms with Gasteiger partial charge in [-0.05, 0) is 25.1 Å².